The number of hydrogen-bond acceptors (Lipinski definition) is 7. The van der Waals surface area contributed by atoms with Gasteiger partial charge in [-0.25, -0.2) is 0 Å². The van der Waals surface area contributed by atoms with Crippen molar-refractivity contribution in [2.24, 2.45) is 0 Å². The summed E-state index contributed by atoms with van der Waals surface area (Å²) < 4.78 is 18.1. The van der Waals surface area contributed by atoms with E-state index in [0.29, 0.717) is 40.5 Å². The first-order valence-electron chi connectivity index (χ1n) is 11.5. The Labute approximate surface area is 224 Å². The number of thioether (sulfide) groups is 1. The fourth-order valence-corrected chi connectivity index (χ4v) is 5.21. The van der Waals surface area contributed by atoms with Crippen molar-refractivity contribution in [3.8, 4) is 11.5 Å². The molecule has 1 heterocycles. The smallest absolute Gasteiger partial charge is 0.307 e. The average Bonchev–Trinajstić information content (AvgIpc) is 3.10. The number of hydrogen-bond donors (Lipinski definition) is 0. The molecule has 1 aliphatic heterocycles. The van der Waals surface area contributed by atoms with Crippen LogP contribution in [0.5, 0.6) is 11.5 Å². The maximum Gasteiger partial charge on any atom is 0.307 e. The van der Waals surface area contributed by atoms with Crippen molar-refractivity contribution in [1.29, 1.82) is 0 Å². The first-order valence-corrected chi connectivity index (χ1v) is 13.5. The van der Waals surface area contributed by atoms with Crippen LogP contribution in [0.3, 0.4) is 0 Å². The van der Waals surface area contributed by atoms with Gasteiger partial charge in [-0.05, 0) is 58.6 Å². The summed E-state index contributed by atoms with van der Waals surface area (Å²) >= 11 is 10.2. The summed E-state index contributed by atoms with van der Waals surface area (Å²) in [6, 6.07) is 13.9. The van der Waals surface area contributed by atoms with Gasteiger partial charge >= 0.3 is 5.97 Å². The molecule has 9 heteroatoms. The van der Waals surface area contributed by atoms with E-state index in [-0.39, 0.29) is 24.8 Å². The molecule has 0 atom stereocenters. The predicted molar refractivity (Wildman–Crippen MR) is 147 cm³/mol. The van der Waals surface area contributed by atoms with Crippen LogP contribution in [-0.2, 0) is 20.7 Å². The third kappa shape index (κ3) is 7.81. The maximum atomic E-state index is 12.9. The maximum absolute atomic E-state index is 12.9. The second-order valence-corrected chi connectivity index (χ2v) is 10.2. The van der Waals surface area contributed by atoms with Gasteiger partial charge in [0.05, 0.1) is 35.6 Å². The first-order chi connectivity index (χ1) is 16.9. The molecule has 0 N–H and O–H groups in total. The second-order valence-electron chi connectivity index (χ2n) is 7.65. The standard InChI is InChI=1S/C26H28BrNO5S2/c1-3-13-32-23(29)10-12-28-25(30)22(35-26(28)34)17-19-15-20(27)24(21(16-19)31-4-2)33-14-11-18-8-6-5-7-9-18/h5-9,15-17H,3-4,10-14H2,1-2H3/b22-17-. The molecule has 0 unspecified atom stereocenters. The molecule has 0 bridgehead atoms. The van der Waals surface area contributed by atoms with E-state index in [1.54, 1.807) is 6.08 Å². The van der Waals surface area contributed by atoms with E-state index in [2.05, 4.69) is 28.1 Å². The first kappa shape index (κ1) is 27.2. The van der Waals surface area contributed by atoms with Crippen LogP contribution in [0.1, 0.15) is 37.8 Å². The third-order valence-corrected chi connectivity index (χ3v) is 6.96. The highest BCUT2D eigenvalue weighted by atomic mass is 79.9. The van der Waals surface area contributed by atoms with Crippen LogP contribution >= 0.6 is 39.9 Å². The fraction of sp³-hybridized carbons (Fsp3) is 0.346. The van der Waals surface area contributed by atoms with Crippen molar-refractivity contribution in [3.63, 3.8) is 0 Å². The molecule has 0 aliphatic carbocycles. The molecular formula is C26H28BrNO5S2. The molecule has 3 rings (SSSR count). The normalized spacial score (nSPS) is 14.5. The zero-order chi connectivity index (χ0) is 25.2. The van der Waals surface area contributed by atoms with Crippen molar-refractivity contribution in [2.45, 2.75) is 33.1 Å². The zero-order valence-corrected chi connectivity index (χ0v) is 23.0. The molecule has 35 heavy (non-hydrogen) atoms. The van der Waals surface area contributed by atoms with Crippen LogP contribution < -0.4 is 9.47 Å². The fourth-order valence-electron chi connectivity index (χ4n) is 3.33. The van der Waals surface area contributed by atoms with Gasteiger partial charge in [-0.3, -0.25) is 14.5 Å². The average molecular weight is 579 g/mol. The van der Waals surface area contributed by atoms with Crippen molar-refractivity contribution < 1.29 is 23.8 Å². The van der Waals surface area contributed by atoms with Crippen LogP contribution in [0.4, 0.5) is 0 Å². The summed E-state index contributed by atoms with van der Waals surface area (Å²) in [5.41, 5.74) is 1.97. The minimum absolute atomic E-state index is 0.106. The molecule has 1 amide bonds. The van der Waals surface area contributed by atoms with E-state index < -0.39 is 0 Å². The van der Waals surface area contributed by atoms with E-state index in [0.717, 1.165) is 22.9 Å². The lowest BCUT2D eigenvalue weighted by molar-refractivity contribution is -0.143. The van der Waals surface area contributed by atoms with Crippen molar-refractivity contribution >= 4 is 62.2 Å². The monoisotopic (exact) mass is 577 g/mol. The van der Waals surface area contributed by atoms with E-state index >= 15 is 0 Å². The van der Waals surface area contributed by atoms with E-state index in [9.17, 15) is 9.59 Å². The highest BCUT2D eigenvalue weighted by Gasteiger charge is 2.32. The highest BCUT2D eigenvalue weighted by molar-refractivity contribution is 9.10. The van der Waals surface area contributed by atoms with Gasteiger partial charge in [0.1, 0.15) is 4.32 Å². The van der Waals surface area contributed by atoms with Gasteiger partial charge in [-0.15, -0.1) is 0 Å². The number of halogens is 1. The Morgan fingerprint density at radius 1 is 1.14 bits per heavy atom. The highest BCUT2D eigenvalue weighted by Crippen LogP contribution is 2.39. The number of nitrogens with zero attached hydrogens (tertiary/aromatic N) is 1. The molecule has 0 radical (unpaired) electrons. The molecule has 186 valence electrons. The van der Waals surface area contributed by atoms with Gasteiger partial charge < -0.3 is 14.2 Å². The van der Waals surface area contributed by atoms with Crippen molar-refractivity contribution in [2.75, 3.05) is 26.4 Å². The summed E-state index contributed by atoms with van der Waals surface area (Å²) in [6.45, 7) is 5.39. The van der Waals surface area contributed by atoms with Gasteiger partial charge in [-0.1, -0.05) is 61.2 Å². The summed E-state index contributed by atoms with van der Waals surface area (Å²) in [7, 11) is 0. The summed E-state index contributed by atoms with van der Waals surface area (Å²) in [4.78, 5) is 26.7. The van der Waals surface area contributed by atoms with Crippen LogP contribution in [0.15, 0.2) is 51.8 Å². The number of amides is 1. The van der Waals surface area contributed by atoms with Gasteiger partial charge in [-0.2, -0.15) is 0 Å². The van der Waals surface area contributed by atoms with Gasteiger partial charge in [0.15, 0.2) is 11.5 Å². The minimum Gasteiger partial charge on any atom is -0.490 e. The topological polar surface area (TPSA) is 65.1 Å². The van der Waals surface area contributed by atoms with Crippen LogP contribution in [-0.4, -0.2) is 47.5 Å². The second kappa shape index (κ2) is 13.7. The third-order valence-electron chi connectivity index (χ3n) is 4.99. The minimum atomic E-state index is -0.335. The van der Waals surface area contributed by atoms with Gasteiger partial charge in [0.2, 0.25) is 0 Å². The molecule has 0 spiro atoms. The molecule has 6 nitrogen and oxygen atoms in total. The van der Waals surface area contributed by atoms with Crippen LogP contribution in [0.25, 0.3) is 6.08 Å². The van der Waals surface area contributed by atoms with E-state index in [4.69, 9.17) is 26.4 Å². The molecule has 0 aromatic heterocycles. The summed E-state index contributed by atoms with van der Waals surface area (Å²) in [5.74, 6) is 0.659. The number of carbonyl (C=O) groups is 2. The number of ether oxygens (including phenoxy) is 3. The Hall–Kier alpha value is -2.36. The summed E-state index contributed by atoms with van der Waals surface area (Å²) in [6.07, 6.45) is 3.41. The lowest BCUT2D eigenvalue weighted by Gasteiger charge is -2.15. The Kier molecular flexibility index (Phi) is 10.6. The van der Waals surface area contributed by atoms with Gasteiger partial charge in [0.25, 0.3) is 5.91 Å². The van der Waals surface area contributed by atoms with E-state index in [1.165, 1.54) is 22.2 Å². The number of benzene rings is 2. The van der Waals surface area contributed by atoms with Gasteiger partial charge in [0, 0.05) is 13.0 Å². The molecule has 1 aliphatic rings. The Bertz CT molecular complexity index is 1090. The number of carbonyl (C=O) groups excluding carboxylic acids is 2. The number of thiocarbonyl (C=S) groups is 1. The van der Waals surface area contributed by atoms with Crippen LogP contribution in [0, 0.1) is 0 Å². The Morgan fingerprint density at radius 3 is 2.63 bits per heavy atom. The Balaban J connectivity index is 1.70. The Morgan fingerprint density at radius 2 is 1.91 bits per heavy atom. The molecule has 1 fully saturated rings. The lowest BCUT2D eigenvalue weighted by atomic mass is 10.1. The van der Waals surface area contributed by atoms with Crippen LogP contribution in [0.2, 0.25) is 0 Å². The number of esters is 1. The predicted octanol–water partition coefficient (Wildman–Crippen LogP) is 6.01. The van der Waals surface area contributed by atoms with Crippen molar-refractivity contribution in [3.05, 3.63) is 63.0 Å². The molecular weight excluding hydrogens is 550 g/mol. The summed E-state index contributed by atoms with van der Waals surface area (Å²) in [5, 5.41) is 0. The molecule has 0 saturated carbocycles. The zero-order valence-electron chi connectivity index (χ0n) is 19.8. The van der Waals surface area contributed by atoms with E-state index in [1.807, 2.05) is 44.2 Å². The lowest BCUT2D eigenvalue weighted by Crippen LogP contribution is -2.30. The number of rotatable bonds is 12. The molecule has 2 aromatic carbocycles. The van der Waals surface area contributed by atoms with Crippen molar-refractivity contribution in [1.82, 2.24) is 4.90 Å². The molecule has 2 aromatic rings. The molecule has 1 saturated heterocycles. The largest absolute Gasteiger partial charge is 0.490 e. The SMILES string of the molecule is CCCOC(=O)CCN1C(=O)/C(=C/c2cc(Br)c(OCCc3ccccc3)c(OCC)c2)SC1=S. The quantitative estimate of drug-likeness (QED) is 0.174.